The second-order valence-electron chi connectivity index (χ2n) is 7.43. The lowest BCUT2D eigenvalue weighted by atomic mass is 10.1. The van der Waals surface area contributed by atoms with Crippen LogP contribution in [0.5, 0.6) is 0 Å². The predicted octanol–water partition coefficient (Wildman–Crippen LogP) is 3.52. The molecular weight excluding hydrogens is 469 g/mol. The van der Waals surface area contributed by atoms with Crippen molar-refractivity contribution in [2.75, 3.05) is 50.2 Å². The van der Waals surface area contributed by atoms with E-state index in [9.17, 15) is 27.6 Å². The van der Waals surface area contributed by atoms with E-state index in [0.29, 0.717) is 43.1 Å². The molecule has 0 spiro atoms. The number of benzene rings is 2. The molecule has 1 heterocycles. The highest BCUT2D eigenvalue weighted by atomic mass is 19.4. The summed E-state index contributed by atoms with van der Waals surface area (Å²) in [7, 11) is 1.26. The van der Waals surface area contributed by atoms with E-state index < -0.39 is 36.2 Å². The van der Waals surface area contributed by atoms with Crippen molar-refractivity contribution >= 4 is 35.3 Å². The standard InChI is InChI=1S/C24H23F3N2O6/c1-33-23(32)17-5-2-16(3-6-17)4-9-22(31)35-15-21(30)28-19-14-18(24(25,26)27)7-8-20(19)29-10-12-34-13-11-29/h2-9,14H,10-13,15H2,1H3,(H,28,30)/b9-4+. The number of ether oxygens (including phenoxy) is 3. The molecule has 0 unspecified atom stereocenters. The number of anilines is 2. The molecule has 0 aromatic heterocycles. The molecule has 8 nitrogen and oxygen atoms in total. The number of halogens is 3. The Morgan fingerprint density at radius 2 is 1.77 bits per heavy atom. The number of nitrogens with one attached hydrogen (secondary N) is 1. The Balaban J connectivity index is 1.61. The van der Waals surface area contributed by atoms with E-state index >= 15 is 0 Å². The Morgan fingerprint density at radius 1 is 1.09 bits per heavy atom. The van der Waals surface area contributed by atoms with Gasteiger partial charge in [-0.25, -0.2) is 9.59 Å². The van der Waals surface area contributed by atoms with Crippen LogP contribution in [-0.2, 0) is 30.0 Å². The van der Waals surface area contributed by atoms with E-state index in [1.54, 1.807) is 17.0 Å². The zero-order valence-corrected chi connectivity index (χ0v) is 18.8. The molecule has 35 heavy (non-hydrogen) atoms. The maximum Gasteiger partial charge on any atom is 0.416 e. The number of amides is 1. The third-order valence-electron chi connectivity index (χ3n) is 5.04. The summed E-state index contributed by atoms with van der Waals surface area (Å²) in [5.74, 6) is -2.11. The first-order valence-electron chi connectivity index (χ1n) is 10.5. The first-order valence-corrected chi connectivity index (χ1v) is 10.5. The highest BCUT2D eigenvalue weighted by Gasteiger charge is 2.32. The molecule has 2 aromatic carbocycles. The third kappa shape index (κ3) is 7.31. The Hall–Kier alpha value is -3.86. The molecule has 1 saturated heterocycles. The topological polar surface area (TPSA) is 94.2 Å². The summed E-state index contributed by atoms with van der Waals surface area (Å²) in [6.45, 7) is 1.03. The van der Waals surface area contributed by atoms with Crippen molar-refractivity contribution in [2.45, 2.75) is 6.18 Å². The van der Waals surface area contributed by atoms with Gasteiger partial charge in [0, 0.05) is 19.2 Å². The smallest absolute Gasteiger partial charge is 0.416 e. The van der Waals surface area contributed by atoms with E-state index in [2.05, 4.69) is 10.1 Å². The van der Waals surface area contributed by atoms with Crippen molar-refractivity contribution in [1.29, 1.82) is 0 Å². The van der Waals surface area contributed by atoms with E-state index in [1.807, 2.05) is 0 Å². The summed E-state index contributed by atoms with van der Waals surface area (Å²) in [6, 6.07) is 9.30. The number of esters is 2. The van der Waals surface area contributed by atoms with Crippen LogP contribution in [0.2, 0.25) is 0 Å². The van der Waals surface area contributed by atoms with Crippen molar-refractivity contribution in [1.82, 2.24) is 0 Å². The molecule has 2 aromatic rings. The van der Waals surface area contributed by atoms with Crippen LogP contribution in [0.4, 0.5) is 24.5 Å². The Kier molecular flexibility index (Phi) is 8.48. The van der Waals surface area contributed by atoms with Crippen LogP contribution in [0.25, 0.3) is 6.08 Å². The average Bonchev–Trinajstić information content (AvgIpc) is 2.86. The number of alkyl halides is 3. The summed E-state index contributed by atoms with van der Waals surface area (Å²) >= 11 is 0. The van der Waals surface area contributed by atoms with Gasteiger partial charge >= 0.3 is 18.1 Å². The Bertz CT molecular complexity index is 1090. The minimum Gasteiger partial charge on any atom is -0.465 e. The molecule has 0 aliphatic carbocycles. The van der Waals surface area contributed by atoms with Gasteiger partial charge in [0.1, 0.15) is 0 Å². The molecule has 1 aliphatic rings. The minimum absolute atomic E-state index is 0.0380. The summed E-state index contributed by atoms with van der Waals surface area (Å²) in [5.41, 5.74) is 0.399. The van der Waals surface area contributed by atoms with Crippen LogP contribution < -0.4 is 10.2 Å². The lowest BCUT2D eigenvalue weighted by molar-refractivity contribution is -0.142. The van der Waals surface area contributed by atoms with Crippen molar-refractivity contribution in [3.05, 3.63) is 65.2 Å². The average molecular weight is 492 g/mol. The second-order valence-corrected chi connectivity index (χ2v) is 7.43. The molecule has 0 atom stereocenters. The monoisotopic (exact) mass is 492 g/mol. The van der Waals surface area contributed by atoms with Crippen molar-refractivity contribution in [2.24, 2.45) is 0 Å². The Labute approximate surface area is 199 Å². The number of nitrogens with zero attached hydrogens (tertiary/aromatic N) is 1. The number of rotatable bonds is 7. The zero-order valence-electron chi connectivity index (χ0n) is 18.8. The summed E-state index contributed by atoms with van der Waals surface area (Å²) in [4.78, 5) is 37.5. The van der Waals surface area contributed by atoms with Gasteiger partial charge in [0.05, 0.1) is 42.8 Å². The molecular formula is C24H23F3N2O6. The number of morpholine rings is 1. The first-order chi connectivity index (χ1) is 16.7. The summed E-state index contributed by atoms with van der Waals surface area (Å²) < 4.78 is 54.3. The highest BCUT2D eigenvalue weighted by Crippen LogP contribution is 2.35. The zero-order chi connectivity index (χ0) is 25.4. The molecule has 11 heteroatoms. The quantitative estimate of drug-likeness (QED) is 0.467. The van der Waals surface area contributed by atoms with Gasteiger partial charge in [-0.05, 0) is 42.0 Å². The third-order valence-corrected chi connectivity index (χ3v) is 5.04. The minimum atomic E-state index is -4.59. The molecule has 1 aliphatic heterocycles. The highest BCUT2D eigenvalue weighted by molar-refractivity contribution is 5.97. The number of hydrogen-bond donors (Lipinski definition) is 1. The molecule has 0 saturated carbocycles. The van der Waals surface area contributed by atoms with Crippen LogP contribution in [0.15, 0.2) is 48.5 Å². The fraction of sp³-hybridized carbons (Fsp3) is 0.292. The van der Waals surface area contributed by atoms with E-state index in [1.165, 1.54) is 31.4 Å². The van der Waals surface area contributed by atoms with Gasteiger partial charge in [0.2, 0.25) is 0 Å². The second kappa shape index (κ2) is 11.5. The molecule has 0 bridgehead atoms. The summed E-state index contributed by atoms with van der Waals surface area (Å²) in [6.07, 6.45) is -2.08. The van der Waals surface area contributed by atoms with Crippen LogP contribution in [-0.4, -0.2) is 57.9 Å². The van der Waals surface area contributed by atoms with Gasteiger partial charge in [0.25, 0.3) is 5.91 Å². The van der Waals surface area contributed by atoms with Crippen molar-refractivity contribution in [3.63, 3.8) is 0 Å². The predicted molar refractivity (Wildman–Crippen MR) is 121 cm³/mol. The van der Waals surface area contributed by atoms with E-state index in [4.69, 9.17) is 9.47 Å². The normalized spacial score (nSPS) is 14.0. The number of hydrogen-bond acceptors (Lipinski definition) is 7. The molecule has 0 radical (unpaired) electrons. The fourth-order valence-corrected chi connectivity index (χ4v) is 3.28. The van der Waals surface area contributed by atoms with Crippen LogP contribution in [0.1, 0.15) is 21.5 Å². The van der Waals surface area contributed by atoms with Crippen LogP contribution in [0, 0.1) is 0 Å². The van der Waals surface area contributed by atoms with Gasteiger partial charge in [0.15, 0.2) is 6.61 Å². The SMILES string of the molecule is COC(=O)c1ccc(/C=C/C(=O)OCC(=O)Nc2cc(C(F)(F)F)ccc2N2CCOCC2)cc1. The number of carbonyl (C=O) groups is 3. The van der Waals surface area contributed by atoms with Gasteiger partial charge in [-0.2, -0.15) is 13.2 Å². The fourth-order valence-electron chi connectivity index (χ4n) is 3.28. The molecule has 186 valence electrons. The Morgan fingerprint density at radius 3 is 2.40 bits per heavy atom. The van der Waals surface area contributed by atoms with Gasteiger partial charge in [-0.3, -0.25) is 4.79 Å². The first kappa shape index (κ1) is 25.8. The lowest BCUT2D eigenvalue weighted by Crippen LogP contribution is -2.37. The molecule has 1 fully saturated rings. The van der Waals surface area contributed by atoms with Crippen molar-refractivity contribution < 1.29 is 41.8 Å². The maximum absolute atomic E-state index is 13.2. The van der Waals surface area contributed by atoms with E-state index in [-0.39, 0.29) is 5.69 Å². The van der Waals surface area contributed by atoms with Crippen molar-refractivity contribution in [3.8, 4) is 0 Å². The maximum atomic E-state index is 13.2. The summed E-state index contributed by atoms with van der Waals surface area (Å²) in [5, 5.41) is 2.41. The molecule has 1 N–H and O–H groups in total. The lowest BCUT2D eigenvalue weighted by Gasteiger charge is -2.31. The number of methoxy groups -OCH3 is 1. The van der Waals surface area contributed by atoms with E-state index in [0.717, 1.165) is 18.2 Å². The van der Waals surface area contributed by atoms with Gasteiger partial charge in [-0.1, -0.05) is 12.1 Å². The van der Waals surface area contributed by atoms with Gasteiger partial charge < -0.3 is 24.4 Å². The largest absolute Gasteiger partial charge is 0.465 e. The number of carbonyl (C=O) groups excluding carboxylic acids is 3. The molecule has 3 rings (SSSR count). The van der Waals surface area contributed by atoms with Gasteiger partial charge in [-0.15, -0.1) is 0 Å². The van der Waals surface area contributed by atoms with Crippen LogP contribution in [0.3, 0.4) is 0 Å². The molecule has 1 amide bonds. The van der Waals surface area contributed by atoms with Crippen LogP contribution >= 0.6 is 0 Å².